The second-order valence-electron chi connectivity index (χ2n) is 3.43. The molecule has 1 aromatic rings. The van der Waals surface area contributed by atoms with Crippen LogP contribution in [0.2, 0.25) is 0 Å². The van der Waals surface area contributed by atoms with Crippen LogP contribution in [-0.2, 0) is 6.42 Å². The third-order valence-electron chi connectivity index (χ3n) is 2.17. The van der Waals surface area contributed by atoms with Crippen molar-refractivity contribution in [2.24, 2.45) is 0 Å². The molecule has 13 heavy (non-hydrogen) atoms. The van der Waals surface area contributed by atoms with Gasteiger partial charge in [-0.1, -0.05) is 13.0 Å². The molecule has 1 N–H and O–H groups in total. The Labute approximate surface area is 80.4 Å². The first-order valence-electron chi connectivity index (χ1n) is 4.88. The second-order valence-corrected chi connectivity index (χ2v) is 3.43. The van der Waals surface area contributed by atoms with Crippen LogP contribution in [0.1, 0.15) is 25.1 Å². The van der Waals surface area contributed by atoms with Crippen molar-refractivity contribution >= 4 is 0 Å². The van der Waals surface area contributed by atoms with Crippen LogP contribution in [-0.4, -0.2) is 17.6 Å². The first-order chi connectivity index (χ1) is 6.24. The molecule has 72 valence electrons. The summed E-state index contributed by atoms with van der Waals surface area (Å²) in [5, 5.41) is 3.38. The minimum Gasteiger partial charge on any atom is -0.314 e. The first-order valence-corrected chi connectivity index (χ1v) is 4.88. The summed E-state index contributed by atoms with van der Waals surface area (Å²) in [6.45, 7) is 7.45. The van der Waals surface area contributed by atoms with Crippen molar-refractivity contribution in [2.75, 3.05) is 6.54 Å². The number of aryl methyl sites for hydroxylation is 1. The highest BCUT2D eigenvalue weighted by Crippen LogP contribution is 2.05. The number of nitrogens with zero attached hydrogens (tertiary/aromatic N) is 1. The normalized spacial score (nSPS) is 12.8. The van der Waals surface area contributed by atoms with Gasteiger partial charge in [0.1, 0.15) is 0 Å². The summed E-state index contributed by atoms with van der Waals surface area (Å²) in [4.78, 5) is 4.36. The molecule has 1 atom stereocenters. The Morgan fingerprint density at radius 1 is 1.54 bits per heavy atom. The third-order valence-corrected chi connectivity index (χ3v) is 2.17. The molecule has 0 aliphatic heterocycles. The Morgan fingerprint density at radius 2 is 2.31 bits per heavy atom. The van der Waals surface area contributed by atoms with Gasteiger partial charge in [-0.2, -0.15) is 0 Å². The Balaban J connectivity index is 2.58. The molecule has 1 heterocycles. The molecule has 2 nitrogen and oxygen atoms in total. The van der Waals surface area contributed by atoms with E-state index in [9.17, 15) is 0 Å². The lowest BCUT2D eigenvalue weighted by molar-refractivity contribution is 0.558. The number of likely N-dealkylation sites (N-methyl/N-ethyl adjacent to an activating group) is 1. The maximum Gasteiger partial charge on any atom is 0.0448 e. The average Bonchev–Trinajstić information content (AvgIpc) is 2.09. The van der Waals surface area contributed by atoms with Crippen LogP contribution in [0.15, 0.2) is 18.3 Å². The molecule has 0 fully saturated rings. The van der Waals surface area contributed by atoms with Crippen molar-refractivity contribution in [1.82, 2.24) is 10.3 Å². The topological polar surface area (TPSA) is 24.9 Å². The largest absolute Gasteiger partial charge is 0.314 e. The molecule has 0 aliphatic carbocycles. The predicted molar refractivity (Wildman–Crippen MR) is 55.8 cm³/mol. The molecular weight excluding hydrogens is 160 g/mol. The summed E-state index contributed by atoms with van der Waals surface area (Å²) in [6, 6.07) is 4.61. The van der Waals surface area contributed by atoms with Gasteiger partial charge in [0.25, 0.3) is 0 Å². The lowest BCUT2D eigenvalue weighted by atomic mass is 10.1. The molecule has 1 rings (SSSR count). The number of hydrogen-bond donors (Lipinski definition) is 1. The minimum atomic E-state index is 0.513. The van der Waals surface area contributed by atoms with E-state index in [1.54, 1.807) is 0 Å². The molecule has 0 spiro atoms. The van der Waals surface area contributed by atoms with Crippen LogP contribution in [0.5, 0.6) is 0 Å². The zero-order valence-corrected chi connectivity index (χ0v) is 8.67. The fraction of sp³-hybridized carbons (Fsp3) is 0.545. The molecule has 0 saturated heterocycles. The minimum absolute atomic E-state index is 0.513. The average molecular weight is 178 g/mol. The molecule has 0 radical (unpaired) electrons. The zero-order chi connectivity index (χ0) is 9.68. The summed E-state index contributed by atoms with van der Waals surface area (Å²) in [5.41, 5.74) is 2.49. The molecule has 0 unspecified atom stereocenters. The van der Waals surface area contributed by atoms with E-state index in [1.807, 2.05) is 12.3 Å². The molecule has 2 heteroatoms. The van der Waals surface area contributed by atoms with Crippen LogP contribution in [0.4, 0.5) is 0 Å². The monoisotopic (exact) mass is 178 g/mol. The Kier molecular flexibility index (Phi) is 3.90. The summed E-state index contributed by atoms with van der Waals surface area (Å²) in [6.07, 6.45) is 2.88. The second kappa shape index (κ2) is 4.97. The lowest BCUT2D eigenvalue weighted by Gasteiger charge is -2.12. The summed E-state index contributed by atoms with van der Waals surface area (Å²) in [5.74, 6) is 0. The fourth-order valence-electron chi connectivity index (χ4n) is 1.44. The standard InChI is InChI=1S/C11H18N2/c1-4-12-10(3)8-11-9(2)6-5-7-13-11/h5-7,10,12H,4,8H2,1-3H3/t10-/m0/s1. The fourth-order valence-corrected chi connectivity index (χ4v) is 1.44. The Bertz CT molecular complexity index is 258. The zero-order valence-electron chi connectivity index (χ0n) is 8.67. The molecule has 0 bridgehead atoms. The predicted octanol–water partition coefficient (Wildman–Crippen LogP) is 1.93. The van der Waals surface area contributed by atoms with E-state index >= 15 is 0 Å². The van der Waals surface area contributed by atoms with Crippen molar-refractivity contribution in [3.8, 4) is 0 Å². The van der Waals surface area contributed by atoms with Gasteiger partial charge >= 0.3 is 0 Å². The molecule has 0 aliphatic rings. The van der Waals surface area contributed by atoms with Crippen molar-refractivity contribution in [1.29, 1.82) is 0 Å². The van der Waals surface area contributed by atoms with E-state index < -0.39 is 0 Å². The van der Waals surface area contributed by atoms with Gasteiger partial charge in [0.05, 0.1) is 0 Å². The highest BCUT2D eigenvalue weighted by molar-refractivity contribution is 5.18. The van der Waals surface area contributed by atoms with Gasteiger partial charge in [-0.25, -0.2) is 0 Å². The summed E-state index contributed by atoms with van der Waals surface area (Å²) >= 11 is 0. The number of hydrogen-bond acceptors (Lipinski definition) is 2. The number of pyridine rings is 1. The van der Waals surface area contributed by atoms with E-state index in [4.69, 9.17) is 0 Å². The SMILES string of the molecule is CCN[C@@H](C)Cc1ncccc1C. The van der Waals surface area contributed by atoms with E-state index in [-0.39, 0.29) is 0 Å². The van der Waals surface area contributed by atoms with Crippen LogP contribution in [0.3, 0.4) is 0 Å². The van der Waals surface area contributed by atoms with Gasteiger partial charge in [-0.15, -0.1) is 0 Å². The molecule has 0 amide bonds. The highest BCUT2D eigenvalue weighted by atomic mass is 14.9. The van der Waals surface area contributed by atoms with Crippen LogP contribution >= 0.6 is 0 Å². The van der Waals surface area contributed by atoms with Crippen molar-refractivity contribution in [3.63, 3.8) is 0 Å². The smallest absolute Gasteiger partial charge is 0.0448 e. The van der Waals surface area contributed by atoms with Crippen LogP contribution in [0, 0.1) is 6.92 Å². The van der Waals surface area contributed by atoms with E-state index in [0.29, 0.717) is 6.04 Å². The van der Waals surface area contributed by atoms with Crippen molar-refractivity contribution in [3.05, 3.63) is 29.6 Å². The van der Waals surface area contributed by atoms with Gasteiger partial charge in [0.15, 0.2) is 0 Å². The number of rotatable bonds is 4. The molecule has 0 saturated carbocycles. The van der Waals surface area contributed by atoms with Gasteiger partial charge in [0.2, 0.25) is 0 Å². The molecular formula is C11H18N2. The number of nitrogens with one attached hydrogen (secondary N) is 1. The van der Waals surface area contributed by atoms with E-state index in [0.717, 1.165) is 13.0 Å². The Hall–Kier alpha value is -0.890. The molecule has 0 aromatic carbocycles. The van der Waals surface area contributed by atoms with Gasteiger partial charge < -0.3 is 5.32 Å². The first kappa shape index (κ1) is 10.2. The maximum absolute atomic E-state index is 4.36. The number of aromatic nitrogens is 1. The summed E-state index contributed by atoms with van der Waals surface area (Å²) < 4.78 is 0. The van der Waals surface area contributed by atoms with Gasteiger partial charge in [0, 0.05) is 24.4 Å². The third kappa shape index (κ3) is 3.15. The van der Waals surface area contributed by atoms with E-state index in [2.05, 4.69) is 37.1 Å². The maximum atomic E-state index is 4.36. The lowest BCUT2D eigenvalue weighted by Crippen LogP contribution is -2.28. The van der Waals surface area contributed by atoms with Crippen LogP contribution in [0.25, 0.3) is 0 Å². The molecule has 1 aromatic heterocycles. The van der Waals surface area contributed by atoms with Crippen molar-refractivity contribution in [2.45, 2.75) is 33.2 Å². The van der Waals surface area contributed by atoms with Crippen molar-refractivity contribution < 1.29 is 0 Å². The quantitative estimate of drug-likeness (QED) is 0.762. The van der Waals surface area contributed by atoms with Crippen LogP contribution < -0.4 is 5.32 Å². The van der Waals surface area contributed by atoms with Gasteiger partial charge in [-0.05, 0) is 32.0 Å². The van der Waals surface area contributed by atoms with E-state index in [1.165, 1.54) is 11.3 Å². The summed E-state index contributed by atoms with van der Waals surface area (Å²) in [7, 11) is 0. The van der Waals surface area contributed by atoms with Gasteiger partial charge in [-0.3, -0.25) is 4.98 Å². The Morgan fingerprint density at radius 3 is 2.92 bits per heavy atom. The highest BCUT2D eigenvalue weighted by Gasteiger charge is 2.04.